The zero-order chi connectivity index (χ0) is 22.8. The summed E-state index contributed by atoms with van der Waals surface area (Å²) < 4.78 is 166. The third-order valence-electron chi connectivity index (χ3n) is 4.13. The van der Waals surface area contributed by atoms with E-state index in [9.17, 15) is 62.8 Å². The molecule has 0 heterocycles. The van der Waals surface area contributed by atoms with E-state index in [0.29, 0.717) is 6.07 Å². The van der Waals surface area contributed by atoms with Crippen molar-refractivity contribution in [2.45, 2.75) is 35.3 Å². The van der Waals surface area contributed by atoms with Gasteiger partial charge in [0.1, 0.15) is 6.61 Å². The van der Waals surface area contributed by atoms with Crippen LogP contribution in [0.5, 0.6) is 5.75 Å². The summed E-state index contributed by atoms with van der Waals surface area (Å²) in [5.41, 5.74) is -7.45. The van der Waals surface area contributed by atoms with Gasteiger partial charge in [0.25, 0.3) is 11.4 Å². The Kier molecular flexibility index (Phi) is 4.76. The Hall–Kier alpha value is -2.42. The lowest BCUT2D eigenvalue weighted by molar-refractivity contribution is -0.486. The van der Waals surface area contributed by atoms with Crippen LogP contribution in [0.3, 0.4) is 0 Å². The number of hydrogen-bond acceptors (Lipinski definition) is 3. The van der Waals surface area contributed by atoms with E-state index in [1.807, 2.05) is 0 Å². The van der Waals surface area contributed by atoms with Gasteiger partial charge in [-0.2, -0.15) is 43.9 Å². The van der Waals surface area contributed by atoms with Crippen molar-refractivity contribution < 1.29 is 62.3 Å². The molecule has 0 aliphatic heterocycles. The Labute approximate surface area is 151 Å². The Balaban J connectivity index is 2.53. The van der Waals surface area contributed by atoms with Crippen LogP contribution in [-0.4, -0.2) is 46.8 Å². The van der Waals surface area contributed by atoms with E-state index in [0.717, 1.165) is 0 Å². The van der Waals surface area contributed by atoms with Crippen molar-refractivity contribution in [2.75, 3.05) is 6.61 Å². The second-order valence-electron chi connectivity index (χ2n) is 5.83. The fourth-order valence-electron chi connectivity index (χ4n) is 2.37. The number of non-ortho nitro benzene ring substituents is 1. The number of nitrogens with zero attached hydrogens (tertiary/aromatic N) is 1. The van der Waals surface area contributed by atoms with E-state index in [-0.39, 0.29) is 12.1 Å². The summed E-state index contributed by atoms with van der Waals surface area (Å²) in [5.74, 6) is -39.6. The second kappa shape index (κ2) is 6.04. The number of ether oxygens (including phenoxy) is 1. The van der Waals surface area contributed by atoms with E-state index in [4.69, 9.17) is 0 Å². The zero-order valence-electron chi connectivity index (χ0n) is 13.1. The van der Waals surface area contributed by atoms with Crippen molar-refractivity contribution in [3.05, 3.63) is 34.1 Å². The first-order valence-corrected chi connectivity index (χ1v) is 6.94. The second-order valence-corrected chi connectivity index (χ2v) is 5.83. The van der Waals surface area contributed by atoms with Crippen LogP contribution >= 0.6 is 0 Å². The van der Waals surface area contributed by atoms with Crippen LogP contribution in [-0.2, 0) is 0 Å². The Bertz CT molecular complexity index is 810. The van der Waals surface area contributed by atoms with Gasteiger partial charge in [-0.3, -0.25) is 10.1 Å². The van der Waals surface area contributed by atoms with Gasteiger partial charge in [0, 0.05) is 6.07 Å². The lowest BCUT2D eigenvalue weighted by atomic mass is 9.72. The number of rotatable bonds is 4. The molecule has 2 rings (SSSR count). The highest BCUT2D eigenvalue weighted by Crippen LogP contribution is 2.69. The third kappa shape index (κ3) is 2.56. The minimum absolute atomic E-state index is 0.00868. The van der Waals surface area contributed by atoms with Gasteiger partial charge in [0.05, 0.1) is 11.0 Å². The lowest BCUT2D eigenvalue weighted by Crippen LogP contribution is -2.84. The van der Waals surface area contributed by atoms with E-state index in [1.165, 1.54) is 0 Å². The number of halogens is 12. The van der Waals surface area contributed by atoms with Crippen LogP contribution in [0.25, 0.3) is 0 Å². The number of benzene rings is 1. The molecule has 1 aromatic rings. The molecule has 0 radical (unpaired) electrons. The molecule has 164 valence electrons. The molecular formula is C13H5F12NO3. The minimum Gasteiger partial charge on any atom is -0.487 e. The van der Waals surface area contributed by atoms with Crippen LogP contribution in [0.1, 0.15) is 0 Å². The molecule has 0 bridgehead atoms. The predicted octanol–water partition coefficient (Wildman–Crippen LogP) is 5.01. The largest absolute Gasteiger partial charge is 0.487 e. The maximum absolute atomic E-state index is 14.3. The zero-order valence-corrected chi connectivity index (χ0v) is 13.1. The first-order valence-electron chi connectivity index (χ1n) is 6.94. The third-order valence-corrected chi connectivity index (χ3v) is 4.13. The van der Waals surface area contributed by atoms with Crippen molar-refractivity contribution in [3.8, 4) is 5.75 Å². The SMILES string of the molecule is O=[N+]([O-])c1ccc(OCC2(F)C(F)(F)C(F)(F)C(F)(F)C(F)(F)C2(F)F)c(F)c1. The van der Waals surface area contributed by atoms with Crippen molar-refractivity contribution in [1.82, 2.24) is 0 Å². The van der Waals surface area contributed by atoms with Crippen LogP contribution in [0.4, 0.5) is 58.4 Å². The summed E-state index contributed by atoms with van der Waals surface area (Å²) in [6, 6.07) is 0.563. The van der Waals surface area contributed by atoms with E-state index in [1.54, 1.807) is 0 Å². The van der Waals surface area contributed by atoms with Crippen LogP contribution < -0.4 is 4.74 Å². The molecule has 4 nitrogen and oxygen atoms in total. The van der Waals surface area contributed by atoms with Gasteiger partial charge in [-0.1, -0.05) is 0 Å². The smallest absolute Gasteiger partial charge is 0.384 e. The van der Waals surface area contributed by atoms with Gasteiger partial charge in [0.2, 0.25) is 0 Å². The highest BCUT2D eigenvalue weighted by atomic mass is 19.4. The van der Waals surface area contributed by atoms with Gasteiger partial charge < -0.3 is 4.74 Å². The van der Waals surface area contributed by atoms with Crippen molar-refractivity contribution in [2.24, 2.45) is 0 Å². The average molecular weight is 451 g/mol. The molecule has 1 saturated carbocycles. The first kappa shape index (κ1) is 22.9. The Morgan fingerprint density at radius 1 is 0.793 bits per heavy atom. The highest BCUT2D eigenvalue weighted by Gasteiger charge is 3.01. The molecule has 0 N–H and O–H groups in total. The molecule has 29 heavy (non-hydrogen) atoms. The summed E-state index contributed by atoms with van der Waals surface area (Å²) in [6.07, 6.45) is 0. The summed E-state index contributed by atoms with van der Waals surface area (Å²) in [5, 5.41) is 10.4. The summed E-state index contributed by atoms with van der Waals surface area (Å²) in [7, 11) is 0. The summed E-state index contributed by atoms with van der Waals surface area (Å²) in [6.45, 7) is -3.14. The normalized spacial score (nSPS) is 25.2. The van der Waals surface area contributed by atoms with E-state index in [2.05, 4.69) is 4.74 Å². The van der Waals surface area contributed by atoms with Gasteiger partial charge in [-0.25, -0.2) is 8.78 Å². The standard InChI is InChI=1S/C13H5F12NO3/c14-6-3-5(26(27)28)1-2-7(6)29-4-8(15)9(16,17)11(20,21)13(24,25)12(22,23)10(8,18)19/h1-3H,4H2. The molecule has 0 amide bonds. The Morgan fingerprint density at radius 2 is 1.21 bits per heavy atom. The monoisotopic (exact) mass is 451 g/mol. The lowest BCUT2D eigenvalue weighted by Gasteiger charge is -2.52. The summed E-state index contributed by atoms with van der Waals surface area (Å²) >= 11 is 0. The van der Waals surface area contributed by atoms with Crippen molar-refractivity contribution >= 4 is 5.69 Å². The topological polar surface area (TPSA) is 52.4 Å². The molecule has 1 fully saturated rings. The van der Waals surface area contributed by atoms with Crippen LogP contribution in [0.2, 0.25) is 0 Å². The highest BCUT2D eigenvalue weighted by molar-refractivity contribution is 5.38. The molecular weight excluding hydrogens is 446 g/mol. The van der Waals surface area contributed by atoms with Gasteiger partial charge >= 0.3 is 29.6 Å². The van der Waals surface area contributed by atoms with Gasteiger partial charge in [0.15, 0.2) is 11.6 Å². The number of nitro benzene ring substituents is 1. The number of nitro groups is 1. The molecule has 1 aliphatic carbocycles. The fraction of sp³-hybridized carbons (Fsp3) is 0.538. The van der Waals surface area contributed by atoms with Crippen molar-refractivity contribution in [3.63, 3.8) is 0 Å². The van der Waals surface area contributed by atoms with Gasteiger partial charge in [-0.05, 0) is 6.07 Å². The molecule has 16 heteroatoms. The molecule has 1 aliphatic rings. The first-order chi connectivity index (χ1) is 12.8. The van der Waals surface area contributed by atoms with Crippen molar-refractivity contribution in [1.29, 1.82) is 0 Å². The maximum atomic E-state index is 14.3. The summed E-state index contributed by atoms with van der Waals surface area (Å²) in [4.78, 5) is 9.20. The predicted molar refractivity (Wildman–Crippen MR) is 67.1 cm³/mol. The van der Waals surface area contributed by atoms with E-state index >= 15 is 0 Å². The molecule has 0 saturated heterocycles. The van der Waals surface area contributed by atoms with Crippen LogP contribution in [0, 0.1) is 15.9 Å². The quantitative estimate of drug-likeness (QED) is 0.368. The molecule has 0 atom stereocenters. The Morgan fingerprint density at radius 3 is 1.59 bits per heavy atom. The molecule has 1 aromatic carbocycles. The molecule has 0 aromatic heterocycles. The molecule has 0 spiro atoms. The van der Waals surface area contributed by atoms with E-state index < -0.39 is 64.1 Å². The number of alkyl halides is 11. The number of hydrogen-bond donors (Lipinski definition) is 0. The van der Waals surface area contributed by atoms with Gasteiger partial charge in [-0.15, -0.1) is 0 Å². The average Bonchev–Trinajstić information content (AvgIpc) is 2.58. The van der Waals surface area contributed by atoms with Crippen LogP contribution in [0.15, 0.2) is 18.2 Å². The maximum Gasteiger partial charge on any atom is 0.384 e. The fourth-order valence-corrected chi connectivity index (χ4v) is 2.37. The minimum atomic E-state index is -7.37. The molecule has 0 unspecified atom stereocenters.